The van der Waals surface area contributed by atoms with E-state index >= 15 is 0 Å². The maximum atomic E-state index is 6.33. The van der Waals surface area contributed by atoms with E-state index < -0.39 is 0 Å². The van der Waals surface area contributed by atoms with Gasteiger partial charge in [0.15, 0.2) is 0 Å². The quantitative estimate of drug-likeness (QED) is 0.341. The van der Waals surface area contributed by atoms with E-state index in [0.29, 0.717) is 12.1 Å². The molecule has 1 N–H and O–H groups in total. The summed E-state index contributed by atoms with van der Waals surface area (Å²) in [5.41, 5.74) is 10.2. The second kappa shape index (κ2) is 11.3. The number of methoxy groups -OCH3 is 1. The number of hydrogen-bond donors (Lipinski definition) is 1. The summed E-state index contributed by atoms with van der Waals surface area (Å²) in [5, 5.41) is 3.47. The second-order valence-electron chi connectivity index (χ2n) is 10.9. The maximum absolute atomic E-state index is 6.33. The van der Waals surface area contributed by atoms with Gasteiger partial charge in [0.05, 0.1) is 13.7 Å². The largest absolute Gasteiger partial charge is 0.496 e. The molecule has 0 bridgehead atoms. The predicted octanol–water partition coefficient (Wildman–Crippen LogP) is 6.93. The molecule has 0 amide bonds. The Kier molecular flexibility index (Phi) is 7.87. The van der Waals surface area contributed by atoms with Crippen LogP contribution >= 0.6 is 0 Å². The molecule has 4 heteroatoms. The molecule has 4 nitrogen and oxygen atoms in total. The van der Waals surface area contributed by atoms with Crippen molar-refractivity contribution in [2.45, 2.75) is 72.0 Å². The van der Waals surface area contributed by atoms with Crippen LogP contribution in [0, 0.1) is 13.8 Å². The highest BCUT2D eigenvalue weighted by Crippen LogP contribution is 2.38. The standard InChI is InChI=1S/C33H42N2O2/c1-22-13-14-23(2)35(22)17-8-18-37-32-12-7-11-30(25(32)4)29-10-6-9-28(24(29)3)27-19-26-15-16-34-21-31(26)33(20-27)36-5/h6-7,9-12,19-20,22-23,34H,8,13-18,21H2,1-5H3/t22-,23-/m1/s1. The molecule has 0 aliphatic carbocycles. The Labute approximate surface area is 223 Å². The minimum atomic E-state index is 0.696. The molecule has 2 heterocycles. The minimum absolute atomic E-state index is 0.696. The molecule has 3 aromatic carbocycles. The molecule has 2 aliphatic rings. The van der Waals surface area contributed by atoms with Gasteiger partial charge in [0.25, 0.3) is 0 Å². The van der Waals surface area contributed by atoms with Gasteiger partial charge in [0.1, 0.15) is 11.5 Å². The van der Waals surface area contributed by atoms with Crippen LogP contribution in [0.4, 0.5) is 0 Å². The Bertz CT molecular complexity index is 1220. The normalized spacial score (nSPS) is 19.6. The summed E-state index contributed by atoms with van der Waals surface area (Å²) >= 11 is 0. The molecule has 5 rings (SSSR count). The smallest absolute Gasteiger partial charge is 0.124 e. The number of ether oxygens (including phenoxy) is 2. The van der Waals surface area contributed by atoms with Gasteiger partial charge in [-0.25, -0.2) is 0 Å². The van der Waals surface area contributed by atoms with E-state index in [-0.39, 0.29) is 0 Å². The van der Waals surface area contributed by atoms with Crippen molar-refractivity contribution in [3.8, 4) is 33.8 Å². The lowest BCUT2D eigenvalue weighted by atomic mass is 9.88. The third-order valence-corrected chi connectivity index (χ3v) is 8.57. The molecule has 0 saturated carbocycles. The van der Waals surface area contributed by atoms with Crippen LogP contribution in [0.3, 0.4) is 0 Å². The van der Waals surface area contributed by atoms with Crippen molar-refractivity contribution in [3.63, 3.8) is 0 Å². The highest BCUT2D eigenvalue weighted by molar-refractivity contribution is 5.81. The molecule has 1 fully saturated rings. The fourth-order valence-corrected chi connectivity index (χ4v) is 6.32. The van der Waals surface area contributed by atoms with Crippen LogP contribution in [-0.4, -0.2) is 43.8 Å². The van der Waals surface area contributed by atoms with Gasteiger partial charge in [-0.1, -0.05) is 36.4 Å². The van der Waals surface area contributed by atoms with Gasteiger partial charge in [0, 0.05) is 30.7 Å². The first-order chi connectivity index (χ1) is 18.0. The van der Waals surface area contributed by atoms with Crippen molar-refractivity contribution in [1.82, 2.24) is 10.2 Å². The zero-order chi connectivity index (χ0) is 25.9. The highest BCUT2D eigenvalue weighted by atomic mass is 16.5. The molecule has 1 saturated heterocycles. The number of hydrogen-bond acceptors (Lipinski definition) is 4. The van der Waals surface area contributed by atoms with E-state index in [9.17, 15) is 0 Å². The number of rotatable bonds is 8. The van der Waals surface area contributed by atoms with E-state index in [1.165, 1.54) is 57.3 Å². The molecule has 0 radical (unpaired) electrons. The lowest BCUT2D eigenvalue weighted by Crippen LogP contribution is -2.34. The van der Waals surface area contributed by atoms with Crippen molar-refractivity contribution in [1.29, 1.82) is 0 Å². The summed E-state index contributed by atoms with van der Waals surface area (Å²) in [7, 11) is 1.78. The zero-order valence-corrected chi connectivity index (χ0v) is 23.2. The Balaban J connectivity index is 1.37. The monoisotopic (exact) mass is 498 g/mol. The SMILES string of the molecule is COc1cc(-c2cccc(-c3cccc(OCCCN4[C@H](C)CC[C@H]4C)c3C)c2C)cc2c1CNCC2. The van der Waals surface area contributed by atoms with Gasteiger partial charge in [-0.3, -0.25) is 4.90 Å². The number of benzene rings is 3. The van der Waals surface area contributed by atoms with Gasteiger partial charge in [-0.15, -0.1) is 0 Å². The molecule has 0 unspecified atom stereocenters. The van der Waals surface area contributed by atoms with Crippen LogP contribution < -0.4 is 14.8 Å². The summed E-state index contributed by atoms with van der Waals surface area (Å²) in [6.07, 6.45) is 4.73. The summed E-state index contributed by atoms with van der Waals surface area (Å²) in [4.78, 5) is 2.63. The van der Waals surface area contributed by atoms with E-state index in [1.54, 1.807) is 7.11 Å². The van der Waals surface area contributed by atoms with Gasteiger partial charge in [0.2, 0.25) is 0 Å². The average molecular weight is 499 g/mol. The fourth-order valence-electron chi connectivity index (χ4n) is 6.32. The molecule has 3 aromatic rings. The van der Waals surface area contributed by atoms with E-state index in [2.05, 4.69) is 86.4 Å². The van der Waals surface area contributed by atoms with Crippen molar-refractivity contribution >= 4 is 0 Å². The topological polar surface area (TPSA) is 33.7 Å². The lowest BCUT2D eigenvalue weighted by molar-refractivity contribution is 0.191. The van der Waals surface area contributed by atoms with Crippen molar-refractivity contribution in [3.05, 3.63) is 70.8 Å². The Morgan fingerprint density at radius 1 is 0.892 bits per heavy atom. The molecule has 2 atom stereocenters. The molecule has 2 aliphatic heterocycles. The second-order valence-corrected chi connectivity index (χ2v) is 10.9. The first kappa shape index (κ1) is 25.8. The molecule has 0 spiro atoms. The first-order valence-corrected chi connectivity index (χ1v) is 14.0. The van der Waals surface area contributed by atoms with Gasteiger partial charge < -0.3 is 14.8 Å². The lowest BCUT2D eigenvalue weighted by Gasteiger charge is -2.25. The first-order valence-electron chi connectivity index (χ1n) is 14.0. The van der Waals surface area contributed by atoms with E-state index in [1.807, 2.05) is 0 Å². The predicted molar refractivity (Wildman–Crippen MR) is 154 cm³/mol. The maximum Gasteiger partial charge on any atom is 0.124 e. The Morgan fingerprint density at radius 3 is 2.35 bits per heavy atom. The molecule has 196 valence electrons. The minimum Gasteiger partial charge on any atom is -0.496 e. The van der Waals surface area contributed by atoms with Crippen molar-refractivity contribution in [2.75, 3.05) is 26.8 Å². The van der Waals surface area contributed by atoms with Gasteiger partial charge in [-0.2, -0.15) is 0 Å². The summed E-state index contributed by atoms with van der Waals surface area (Å²) in [6, 6.07) is 19.1. The van der Waals surface area contributed by atoms with Gasteiger partial charge in [-0.05, 0) is 111 Å². The number of nitrogens with zero attached hydrogens (tertiary/aromatic N) is 1. The third kappa shape index (κ3) is 5.28. The fraction of sp³-hybridized carbons (Fsp3) is 0.455. The number of likely N-dealkylation sites (tertiary alicyclic amines) is 1. The summed E-state index contributed by atoms with van der Waals surface area (Å²) in [6.45, 7) is 12.9. The highest BCUT2D eigenvalue weighted by Gasteiger charge is 2.26. The molecule has 0 aromatic heterocycles. The van der Waals surface area contributed by atoms with Crippen LogP contribution in [0.25, 0.3) is 22.3 Å². The Hall–Kier alpha value is -2.82. The van der Waals surface area contributed by atoms with Crippen molar-refractivity contribution < 1.29 is 9.47 Å². The molecular weight excluding hydrogens is 456 g/mol. The van der Waals surface area contributed by atoms with E-state index in [0.717, 1.165) is 50.6 Å². The zero-order valence-electron chi connectivity index (χ0n) is 23.2. The van der Waals surface area contributed by atoms with Crippen LogP contribution in [0.1, 0.15) is 55.4 Å². The number of fused-ring (bicyclic) bond motifs is 1. The van der Waals surface area contributed by atoms with Gasteiger partial charge >= 0.3 is 0 Å². The average Bonchev–Trinajstić information content (AvgIpc) is 3.23. The summed E-state index contributed by atoms with van der Waals surface area (Å²) < 4.78 is 12.1. The molecular formula is C33H42N2O2. The van der Waals surface area contributed by atoms with Crippen LogP contribution in [0.5, 0.6) is 11.5 Å². The summed E-state index contributed by atoms with van der Waals surface area (Å²) in [5.74, 6) is 1.97. The molecule has 37 heavy (non-hydrogen) atoms. The van der Waals surface area contributed by atoms with E-state index in [4.69, 9.17) is 9.47 Å². The van der Waals surface area contributed by atoms with Crippen LogP contribution in [0.2, 0.25) is 0 Å². The van der Waals surface area contributed by atoms with Crippen LogP contribution in [0.15, 0.2) is 48.5 Å². The van der Waals surface area contributed by atoms with Crippen molar-refractivity contribution in [2.24, 2.45) is 0 Å². The third-order valence-electron chi connectivity index (χ3n) is 8.57. The van der Waals surface area contributed by atoms with Crippen LogP contribution in [-0.2, 0) is 13.0 Å². The Morgan fingerprint density at radius 2 is 1.59 bits per heavy atom. The number of nitrogens with one attached hydrogen (secondary N) is 1.